The Kier molecular flexibility index (Phi) is 6.88. The smallest absolute Gasteiger partial charge is 0.309 e. The number of esters is 1. The average molecular weight is 490 g/mol. The number of fused-ring (bicyclic) bond motifs is 1. The lowest BCUT2D eigenvalue weighted by atomic mass is 9.63. The van der Waals surface area contributed by atoms with Crippen molar-refractivity contribution in [3.8, 4) is 11.3 Å². The molecular formula is C31H43N3O2. The maximum atomic E-state index is 11.9. The Labute approximate surface area is 217 Å². The van der Waals surface area contributed by atoms with Crippen molar-refractivity contribution in [1.82, 2.24) is 10.3 Å². The third-order valence-electron chi connectivity index (χ3n) is 8.88. The van der Waals surface area contributed by atoms with Crippen LogP contribution in [0.1, 0.15) is 77.8 Å². The fourth-order valence-corrected chi connectivity index (χ4v) is 6.15. The van der Waals surface area contributed by atoms with Gasteiger partial charge in [-0.15, -0.1) is 0 Å². The Morgan fingerprint density at radius 1 is 1.06 bits per heavy atom. The summed E-state index contributed by atoms with van der Waals surface area (Å²) in [6, 6.07) is 14.0. The van der Waals surface area contributed by atoms with Crippen LogP contribution in [0.25, 0.3) is 11.3 Å². The van der Waals surface area contributed by atoms with Crippen LogP contribution in [0.4, 0.5) is 5.82 Å². The van der Waals surface area contributed by atoms with Gasteiger partial charge in [0, 0.05) is 24.7 Å². The van der Waals surface area contributed by atoms with Crippen molar-refractivity contribution in [1.29, 1.82) is 0 Å². The number of nitrogens with one attached hydrogen (secondary N) is 1. The molecule has 1 aromatic carbocycles. The first-order chi connectivity index (χ1) is 17.2. The molecule has 0 bridgehead atoms. The van der Waals surface area contributed by atoms with Crippen LogP contribution in [0, 0.1) is 11.8 Å². The monoisotopic (exact) mass is 489 g/mol. The topological polar surface area (TPSA) is 54.5 Å². The summed E-state index contributed by atoms with van der Waals surface area (Å²) in [7, 11) is 0. The van der Waals surface area contributed by atoms with Gasteiger partial charge in [-0.05, 0) is 91.6 Å². The Morgan fingerprint density at radius 3 is 2.50 bits per heavy atom. The van der Waals surface area contributed by atoms with E-state index >= 15 is 0 Å². The van der Waals surface area contributed by atoms with Crippen molar-refractivity contribution >= 4 is 11.8 Å². The molecular weight excluding hydrogens is 446 g/mol. The minimum atomic E-state index is -0.0173. The highest BCUT2D eigenvalue weighted by atomic mass is 16.5. The van der Waals surface area contributed by atoms with Crippen molar-refractivity contribution < 1.29 is 9.53 Å². The summed E-state index contributed by atoms with van der Waals surface area (Å²) in [5, 5.41) is 3.71. The van der Waals surface area contributed by atoms with E-state index in [1.807, 2.05) is 6.92 Å². The lowest BCUT2D eigenvalue weighted by Gasteiger charge is -2.42. The van der Waals surface area contributed by atoms with E-state index in [0.29, 0.717) is 18.6 Å². The van der Waals surface area contributed by atoms with Gasteiger partial charge in [0.1, 0.15) is 5.82 Å². The molecule has 1 saturated carbocycles. The lowest BCUT2D eigenvalue weighted by molar-refractivity contribution is -0.145. The van der Waals surface area contributed by atoms with Gasteiger partial charge in [0.15, 0.2) is 0 Å². The third-order valence-corrected chi connectivity index (χ3v) is 8.88. The zero-order valence-corrected chi connectivity index (χ0v) is 22.8. The molecule has 2 aromatic rings. The highest BCUT2D eigenvalue weighted by Crippen LogP contribution is 2.46. The van der Waals surface area contributed by atoms with Crippen LogP contribution in [0.3, 0.4) is 0 Å². The highest BCUT2D eigenvalue weighted by molar-refractivity contribution is 5.75. The molecule has 0 amide bonds. The first kappa shape index (κ1) is 25.3. The van der Waals surface area contributed by atoms with Gasteiger partial charge >= 0.3 is 5.97 Å². The second kappa shape index (κ2) is 9.81. The van der Waals surface area contributed by atoms with Crippen LogP contribution < -0.4 is 10.2 Å². The highest BCUT2D eigenvalue weighted by Gasteiger charge is 2.44. The molecule has 1 aliphatic heterocycles. The van der Waals surface area contributed by atoms with Crippen LogP contribution >= 0.6 is 0 Å². The maximum absolute atomic E-state index is 11.9. The molecule has 0 spiro atoms. The van der Waals surface area contributed by atoms with Crippen LogP contribution in [0.5, 0.6) is 0 Å². The molecule has 2 fully saturated rings. The Morgan fingerprint density at radius 2 is 1.78 bits per heavy atom. The number of pyridine rings is 1. The van der Waals surface area contributed by atoms with E-state index < -0.39 is 0 Å². The molecule has 2 unspecified atom stereocenters. The van der Waals surface area contributed by atoms with E-state index in [1.165, 1.54) is 29.5 Å². The zero-order chi connectivity index (χ0) is 25.5. The average Bonchev–Trinajstić information content (AvgIpc) is 3.66. The number of piperidine rings is 1. The van der Waals surface area contributed by atoms with Crippen molar-refractivity contribution in [2.24, 2.45) is 11.8 Å². The van der Waals surface area contributed by atoms with Gasteiger partial charge in [-0.1, -0.05) is 45.9 Å². The van der Waals surface area contributed by atoms with Gasteiger partial charge in [-0.25, -0.2) is 4.98 Å². The van der Waals surface area contributed by atoms with Gasteiger partial charge in [0.2, 0.25) is 0 Å². The molecule has 36 heavy (non-hydrogen) atoms. The van der Waals surface area contributed by atoms with E-state index in [9.17, 15) is 4.79 Å². The van der Waals surface area contributed by atoms with E-state index in [4.69, 9.17) is 9.72 Å². The number of hydrogen-bond acceptors (Lipinski definition) is 5. The van der Waals surface area contributed by atoms with Crippen molar-refractivity contribution in [2.45, 2.75) is 83.6 Å². The van der Waals surface area contributed by atoms with Crippen molar-refractivity contribution in [3.63, 3.8) is 0 Å². The van der Waals surface area contributed by atoms with E-state index in [-0.39, 0.29) is 22.7 Å². The summed E-state index contributed by atoms with van der Waals surface area (Å²) in [6.45, 7) is 14.8. The number of carbonyl (C=O) groups excluding carboxylic acids is 1. The van der Waals surface area contributed by atoms with Crippen LogP contribution in [0.2, 0.25) is 0 Å². The molecule has 2 heterocycles. The number of hydrogen-bond donors (Lipinski definition) is 1. The molecule has 2 aliphatic carbocycles. The summed E-state index contributed by atoms with van der Waals surface area (Å²) in [4.78, 5) is 19.4. The number of rotatable bonds is 7. The summed E-state index contributed by atoms with van der Waals surface area (Å²) in [5.41, 5.74) is 5.69. The maximum Gasteiger partial charge on any atom is 0.309 e. The molecule has 0 radical (unpaired) electrons. The standard InChI is InChI=1S/C31H43N3O2/c1-6-36-29(35)24-18-22(24)20-32-23-12-16-34(17-13-23)28-9-7-8-27(33-28)21-10-11-25-26(19-21)31(4,5)15-14-30(25,2)3/h7-11,19,22-24,32H,6,12-18,20H2,1-5H3. The Balaban J connectivity index is 1.21. The van der Waals surface area contributed by atoms with Crippen LogP contribution in [-0.4, -0.2) is 43.2 Å². The van der Waals surface area contributed by atoms with Gasteiger partial charge in [-0.3, -0.25) is 4.79 Å². The minimum Gasteiger partial charge on any atom is -0.466 e. The second-order valence-electron chi connectivity index (χ2n) is 12.4. The predicted molar refractivity (Wildman–Crippen MR) is 146 cm³/mol. The number of benzene rings is 1. The number of nitrogens with zero attached hydrogens (tertiary/aromatic N) is 2. The number of aromatic nitrogens is 1. The number of carbonyl (C=O) groups is 1. The number of anilines is 1. The quantitative estimate of drug-likeness (QED) is 0.494. The largest absolute Gasteiger partial charge is 0.466 e. The molecule has 3 aliphatic rings. The number of ether oxygens (including phenoxy) is 1. The summed E-state index contributed by atoms with van der Waals surface area (Å²) in [5.74, 6) is 1.63. The fourth-order valence-electron chi connectivity index (χ4n) is 6.15. The first-order valence-corrected chi connectivity index (χ1v) is 14.0. The molecule has 1 saturated heterocycles. The minimum absolute atomic E-state index is 0.0173. The normalized spacial score (nSPS) is 24.8. The second-order valence-corrected chi connectivity index (χ2v) is 12.4. The summed E-state index contributed by atoms with van der Waals surface area (Å²) >= 11 is 0. The van der Waals surface area contributed by atoms with Crippen molar-refractivity contribution in [3.05, 3.63) is 47.5 Å². The van der Waals surface area contributed by atoms with Crippen LogP contribution in [0.15, 0.2) is 36.4 Å². The third kappa shape index (κ3) is 5.18. The molecule has 1 aromatic heterocycles. The Bertz CT molecular complexity index is 1100. The molecule has 194 valence electrons. The molecule has 1 N–H and O–H groups in total. The van der Waals surface area contributed by atoms with Gasteiger partial charge < -0.3 is 15.0 Å². The lowest BCUT2D eigenvalue weighted by Crippen LogP contribution is -2.43. The molecule has 5 nitrogen and oxygen atoms in total. The zero-order valence-electron chi connectivity index (χ0n) is 22.8. The van der Waals surface area contributed by atoms with Crippen LogP contribution in [-0.2, 0) is 20.4 Å². The van der Waals surface area contributed by atoms with Gasteiger partial charge in [-0.2, -0.15) is 0 Å². The summed E-state index contributed by atoms with van der Waals surface area (Å²) < 4.78 is 5.16. The van der Waals surface area contributed by atoms with E-state index in [1.54, 1.807) is 0 Å². The van der Waals surface area contributed by atoms with E-state index in [0.717, 1.165) is 50.4 Å². The molecule has 5 rings (SSSR count). The van der Waals surface area contributed by atoms with Gasteiger partial charge in [0.05, 0.1) is 18.2 Å². The van der Waals surface area contributed by atoms with Crippen molar-refractivity contribution in [2.75, 3.05) is 31.1 Å². The SMILES string of the molecule is CCOC(=O)C1CC1CNC1CCN(c2cccc(-c3ccc4c(c3)C(C)(C)CCC4(C)C)n2)CC1. The Hall–Kier alpha value is -2.40. The van der Waals surface area contributed by atoms with E-state index in [2.05, 4.69) is 74.3 Å². The first-order valence-electron chi connectivity index (χ1n) is 14.0. The summed E-state index contributed by atoms with van der Waals surface area (Å²) in [6.07, 6.45) is 5.63. The predicted octanol–water partition coefficient (Wildman–Crippen LogP) is 5.86. The van der Waals surface area contributed by atoms with Gasteiger partial charge in [0.25, 0.3) is 0 Å². The molecule has 2 atom stereocenters. The fraction of sp³-hybridized carbons (Fsp3) is 0.613. The molecule has 5 heteroatoms.